The van der Waals surface area contributed by atoms with Gasteiger partial charge in [-0.3, -0.25) is 0 Å². The first kappa shape index (κ1) is 14.8. The average molecular weight is 273 g/mol. The Hall–Kier alpha value is -1.60. The molecule has 0 N–H and O–H groups in total. The second kappa shape index (κ2) is 5.41. The summed E-state index contributed by atoms with van der Waals surface area (Å²) in [6.45, 7) is 6.55. The Balaban J connectivity index is 2.60. The molecule has 0 heterocycles. The Morgan fingerprint density at radius 1 is 1.25 bits per heavy atom. The summed E-state index contributed by atoms with van der Waals surface area (Å²) >= 11 is 0. The number of rotatable bonds is 3. The van der Waals surface area contributed by atoms with E-state index >= 15 is 0 Å². The van der Waals surface area contributed by atoms with E-state index in [-0.39, 0.29) is 5.41 Å². The minimum atomic E-state index is -0.436. The molecule has 0 unspecified atom stereocenters. The van der Waals surface area contributed by atoms with E-state index in [9.17, 15) is 4.79 Å². The van der Waals surface area contributed by atoms with Gasteiger partial charge in [0.15, 0.2) is 0 Å². The zero-order valence-corrected chi connectivity index (χ0v) is 12.8. The maximum atomic E-state index is 10.9. The summed E-state index contributed by atoms with van der Waals surface area (Å²) in [5.41, 5.74) is 1.90. The largest absolute Gasteiger partial charge is 0.496 e. The lowest BCUT2D eigenvalue weighted by Gasteiger charge is -2.28. The van der Waals surface area contributed by atoms with Crippen molar-refractivity contribution in [2.45, 2.75) is 57.4 Å². The predicted octanol–water partition coefficient (Wildman–Crippen LogP) is 4.10. The highest BCUT2D eigenvalue weighted by molar-refractivity contribution is 5.47. The first-order chi connectivity index (χ1) is 9.43. The number of methoxy groups -OCH3 is 1. The predicted molar refractivity (Wildman–Crippen MR) is 80.0 cm³/mol. The number of carbonyl (C=O) groups excluding carboxylic acids is 1. The van der Waals surface area contributed by atoms with Crippen LogP contribution in [0.1, 0.15) is 57.6 Å². The lowest BCUT2D eigenvalue weighted by Crippen LogP contribution is -2.22. The van der Waals surface area contributed by atoms with Crippen LogP contribution >= 0.6 is 0 Å². The number of isocyanates is 1. The Morgan fingerprint density at radius 3 is 2.40 bits per heavy atom. The minimum Gasteiger partial charge on any atom is -0.496 e. The van der Waals surface area contributed by atoms with E-state index < -0.39 is 5.54 Å². The molecule has 0 aliphatic heterocycles. The van der Waals surface area contributed by atoms with Crippen molar-refractivity contribution in [2.75, 3.05) is 7.11 Å². The van der Waals surface area contributed by atoms with Crippen LogP contribution in [-0.4, -0.2) is 13.2 Å². The SMILES string of the molecule is COc1ccc(C(C)(C)C)cc1C1(N=C=O)CCCC1. The van der Waals surface area contributed by atoms with Crippen LogP contribution in [0.15, 0.2) is 23.2 Å². The highest BCUT2D eigenvalue weighted by atomic mass is 16.5. The fourth-order valence-corrected chi connectivity index (χ4v) is 3.03. The summed E-state index contributed by atoms with van der Waals surface area (Å²) in [5.74, 6) is 0.818. The van der Waals surface area contributed by atoms with Crippen LogP contribution in [0.2, 0.25) is 0 Å². The van der Waals surface area contributed by atoms with Gasteiger partial charge >= 0.3 is 0 Å². The molecule has 1 aromatic carbocycles. The third kappa shape index (κ3) is 2.64. The number of ether oxygens (including phenoxy) is 1. The standard InChI is InChI=1S/C17H23NO2/c1-16(2,3)13-7-8-15(20-4)14(11-13)17(18-12-19)9-5-6-10-17/h7-8,11H,5-6,9-10H2,1-4H3. The summed E-state index contributed by atoms with van der Waals surface area (Å²) in [6.07, 6.45) is 5.75. The topological polar surface area (TPSA) is 38.7 Å². The molecule has 0 radical (unpaired) electrons. The number of benzene rings is 1. The molecule has 0 saturated heterocycles. The Bertz CT molecular complexity index is 530. The third-order valence-corrected chi connectivity index (χ3v) is 4.26. The van der Waals surface area contributed by atoms with Crippen molar-refractivity contribution in [3.05, 3.63) is 29.3 Å². The van der Waals surface area contributed by atoms with Crippen molar-refractivity contribution >= 4 is 6.08 Å². The molecule has 0 amide bonds. The summed E-state index contributed by atoms with van der Waals surface area (Å²) in [4.78, 5) is 15.1. The molecule has 0 bridgehead atoms. The maximum absolute atomic E-state index is 10.9. The van der Waals surface area contributed by atoms with Gasteiger partial charge in [-0.1, -0.05) is 39.7 Å². The summed E-state index contributed by atoms with van der Waals surface area (Å²) in [7, 11) is 1.67. The molecule has 1 aromatic rings. The number of hydrogen-bond donors (Lipinski definition) is 0. The summed E-state index contributed by atoms with van der Waals surface area (Å²) in [5, 5.41) is 0. The second-order valence-corrected chi connectivity index (χ2v) is 6.61. The highest BCUT2D eigenvalue weighted by Gasteiger charge is 2.38. The molecule has 3 nitrogen and oxygen atoms in total. The van der Waals surface area contributed by atoms with Crippen molar-refractivity contribution < 1.29 is 9.53 Å². The summed E-state index contributed by atoms with van der Waals surface area (Å²) < 4.78 is 5.51. The molecule has 2 rings (SSSR count). The maximum Gasteiger partial charge on any atom is 0.235 e. The van der Waals surface area contributed by atoms with Gasteiger partial charge in [-0.2, -0.15) is 4.99 Å². The van der Waals surface area contributed by atoms with Crippen molar-refractivity contribution in [1.29, 1.82) is 0 Å². The molecule has 1 aliphatic rings. The van der Waals surface area contributed by atoms with Crippen molar-refractivity contribution in [3.8, 4) is 5.75 Å². The monoisotopic (exact) mass is 273 g/mol. The smallest absolute Gasteiger partial charge is 0.235 e. The molecular formula is C17H23NO2. The Morgan fingerprint density at radius 2 is 1.90 bits per heavy atom. The Labute approximate surface area is 121 Å². The molecule has 1 saturated carbocycles. The number of hydrogen-bond acceptors (Lipinski definition) is 3. The average Bonchev–Trinajstić information content (AvgIpc) is 2.87. The number of nitrogens with zero attached hydrogens (tertiary/aromatic N) is 1. The van der Waals surface area contributed by atoms with Crippen LogP contribution in [0.25, 0.3) is 0 Å². The molecule has 0 aromatic heterocycles. The molecule has 1 fully saturated rings. The van der Waals surface area contributed by atoms with Crippen LogP contribution in [0, 0.1) is 0 Å². The van der Waals surface area contributed by atoms with E-state index in [1.54, 1.807) is 13.2 Å². The van der Waals surface area contributed by atoms with Gasteiger partial charge in [-0.25, -0.2) is 4.79 Å². The fourth-order valence-electron chi connectivity index (χ4n) is 3.03. The van der Waals surface area contributed by atoms with E-state index in [1.165, 1.54) is 5.56 Å². The van der Waals surface area contributed by atoms with Crippen molar-refractivity contribution in [1.82, 2.24) is 0 Å². The van der Waals surface area contributed by atoms with Gasteiger partial charge in [0.1, 0.15) is 11.3 Å². The highest BCUT2D eigenvalue weighted by Crippen LogP contribution is 2.46. The molecule has 1 aliphatic carbocycles. The minimum absolute atomic E-state index is 0.0612. The molecule has 108 valence electrons. The lowest BCUT2D eigenvalue weighted by molar-refractivity contribution is 0.378. The van der Waals surface area contributed by atoms with E-state index in [0.29, 0.717) is 0 Å². The van der Waals surface area contributed by atoms with Gasteiger partial charge in [-0.05, 0) is 36.0 Å². The Kier molecular flexibility index (Phi) is 4.01. The van der Waals surface area contributed by atoms with Gasteiger partial charge in [0.05, 0.1) is 7.11 Å². The van der Waals surface area contributed by atoms with Crippen molar-refractivity contribution in [2.24, 2.45) is 4.99 Å². The zero-order chi connectivity index (χ0) is 14.8. The normalized spacial score (nSPS) is 17.6. The second-order valence-electron chi connectivity index (χ2n) is 6.61. The van der Waals surface area contributed by atoms with Crippen LogP contribution in [0.5, 0.6) is 5.75 Å². The molecule has 0 atom stereocenters. The molecule has 20 heavy (non-hydrogen) atoms. The van der Waals surface area contributed by atoms with E-state index in [4.69, 9.17) is 4.74 Å². The molecular weight excluding hydrogens is 250 g/mol. The van der Waals surface area contributed by atoms with Gasteiger partial charge in [0, 0.05) is 5.56 Å². The van der Waals surface area contributed by atoms with Crippen LogP contribution in [-0.2, 0) is 15.7 Å². The molecule has 0 spiro atoms. The summed E-state index contributed by atoms with van der Waals surface area (Å²) in [6, 6.07) is 6.25. The quantitative estimate of drug-likeness (QED) is 0.614. The van der Waals surface area contributed by atoms with Gasteiger partial charge in [0.25, 0.3) is 0 Å². The van der Waals surface area contributed by atoms with E-state index in [2.05, 4.69) is 37.9 Å². The fraction of sp³-hybridized carbons (Fsp3) is 0.588. The van der Waals surface area contributed by atoms with Crippen LogP contribution in [0.3, 0.4) is 0 Å². The van der Waals surface area contributed by atoms with Gasteiger partial charge < -0.3 is 4.74 Å². The first-order valence-electron chi connectivity index (χ1n) is 7.21. The lowest BCUT2D eigenvalue weighted by atomic mass is 9.81. The number of aliphatic imine (C=N–C) groups is 1. The van der Waals surface area contributed by atoms with Gasteiger partial charge in [-0.15, -0.1) is 0 Å². The third-order valence-electron chi connectivity index (χ3n) is 4.26. The first-order valence-corrected chi connectivity index (χ1v) is 7.21. The van der Waals surface area contributed by atoms with E-state index in [1.807, 2.05) is 6.07 Å². The zero-order valence-electron chi connectivity index (χ0n) is 12.8. The molecule has 3 heteroatoms. The van der Waals surface area contributed by atoms with E-state index in [0.717, 1.165) is 37.0 Å². The van der Waals surface area contributed by atoms with Crippen LogP contribution < -0.4 is 4.74 Å². The van der Waals surface area contributed by atoms with Gasteiger partial charge in [0.2, 0.25) is 6.08 Å². The van der Waals surface area contributed by atoms with Crippen molar-refractivity contribution in [3.63, 3.8) is 0 Å². The van der Waals surface area contributed by atoms with Crippen LogP contribution in [0.4, 0.5) is 0 Å².